The lowest BCUT2D eigenvalue weighted by molar-refractivity contribution is -0.135. The van der Waals surface area contributed by atoms with Gasteiger partial charge in [0.15, 0.2) is 0 Å². The summed E-state index contributed by atoms with van der Waals surface area (Å²) in [7, 11) is 0. The van der Waals surface area contributed by atoms with Crippen molar-refractivity contribution in [3.8, 4) is 0 Å². The number of nitrogens with one attached hydrogen (secondary N) is 1. The standard InChI is InChI=1S/C15H18FN3O3/c16-13-4-2-1-3-12(13)9-14(21)17-10-15(22)19-7-5-18(11-20)6-8-19/h1-4,11H,5-10H2,(H,17,21). The van der Waals surface area contributed by atoms with Crippen molar-refractivity contribution in [1.29, 1.82) is 0 Å². The molecule has 0 atom stereocenters. The monoisotopic (exact) mass is 307 g/mol. The van der Waals surface area contributed by atoms with E-state index in [2.05, 4.69) is 5.32 Å². The first kappa shape index (κ1) is 15.9. The molecule has 1 aliphatic heterocycles. The Bertz CT molecular complexity index is 557. The number of benzene rings is 1. The number of halogens is 1. The molecule has 0 aliphatic carbocycles. The third kappa shape index (κ3) is 4.28. The summed E-state index contributed by atoms with van der Waals surface area (Å²) in [5.41, 5.74) is 0.298. The van der Waals surface area contributed by atoms with E-state index in [4.69, 9.17) is 0 Å². The quantitative estimate of drug-likeness (QED) is 0.765. The summed E-state index contributed by atoms with van der Waals surface area (Å²) in [5.74, 6) is -1.04. The SMILES string of the molecule is O=CN1CCN(C(=O)CNC(=O)Cc2ccccc2F)CC1. The Hall–Kier alpha value is -2.44. The second-order valence-electron chi connectivity index (χ2n) is 5.07. The first-order valence-corrected chi connectivity index (χ1v) is 7.07. The van der Waals surface area contributed by atoms with E-state index >= 15 is 0 Å². The van der Waals surface area contributed by atoms with Gasteiger partial charge in [-0.3, -0.25) is 14.4 Å². The van der Waals surface area contributed by atoms with Gasteiger partial charge in [-0.15, -0.1) is 0 Å². The molecule has 1 saturated heterocycles. The molecule has 2 rings (SSSR count). The maximum Gasteiger partial charge on any atom is 0.242 e. The number of hydrogen-bond donors (Lipinski definition) is 1. The summed E-state index contributed by atoms with van der Waals surface area (Å²) in [6.45, 7) is 1.80. The van der Waals surface area contributed by atoms with Crippen LogP contribution in [0.3, 0.4) is 0 Å². The van der Waals surface area contributed by atoms with Gasteiger partial charge in [-0.25, -0.2) is 4.39 Å². The second kappa shape index (κ2) is 7.53. The van der Waals surface area contributed by atoms with Crippen molar-refractivity contribution in [3.63, 3.8) is 0 Å². The summed E-state index contributed by atoms with van der Waals surface area (Å²) >= 11 is 0. The van der Waals surface area contributed by atoms with Gasteiger partial charge in [0.25, 0.3) is 0 Å². The van der Waals surface area contributed by atoms with Crippen LogP contribution < -0.4 is 5.32 Å². The Morgan fingerprint density at radius 3 is 2.50 bits per heavy atom. The number of piperazine rings is 1. The minimum atomic E-state index is -0.436. The fraction of sp³-hybridized carbons (Fsp3) is 0.400. The van der Waals surface area contributed by atoms with Gasteiger partial charge in [-0.2, -0.15) is 0 Å². The predicted octanol–water partition coefficient (Wildman–Crippen LogP) is -0.215. The van der Waals surface area contributed by atoms with Crippen LogP contribution in [0, 0.1) is 5.82 Å². The number of nitrogens with zero attached hydrogens (tertiary/aromatic N) is 2. The van der Waals surface area contributed by atoms with E-state index in [9.17, 15) is 18.8 Å². The highest BCUT2D eigenvalue weighted by molar-refractivity contribution is 5.85. The second-order valence-corrected chi connectivity index (χ2v) is 5.07. The zero-order valence-electron chi connectivity index (χ0n) is 12.1. The lowest BCUT2D eigenvalue weighted by Gasteiger charge is -2.32. The molecule has 0 bridgehead atoms. The largest absolute Gasteiger partial charge is 0.347 e. The van der Waals surface area contributed by atoms with E-state index in [0.717, 1.165) is 6.41 Å². The molecule has 1 aromatic rings. The molecular weight excluding hydrogens is 289 g/mol. The Morgan fingerprint density at radius 1 is 1.18 bits per heavy atom. The molecule has 7 heteroatoms. The average molecular weight is 307 g/mol. The van der Waals surface area contributed by atoms with Gasteiger partial charge in [0.1, 0.15) is 5.82 Å². The van der Waals surface area contributed by atoms with E-state index in [-0.39, 0.29) is 18.9 Å². The van der Waals surface area contributed by atoms with Crippen LogP contribution in [-0.4, -0.2) is 60.7 Å². The van der Waals surface area contributed by atoms with Gasteiger partial charge in [-0.1, -0.05) is 18.2 Å². The minimum absolute atomic E-state index is 0.0983. The summed E-state index contributed by atoms with van der Waals surface area (Å²) in [6.07, 6.45) is 0.664. The smallest absolute Gasteiger partial charge is 0.242 e. The lowest BCUT2D eigenvalue weighted by Crippen LogP contribution is -2.50. The predicted molar refractivity (Wildman–Crippen MR) is 77.3 cm³/mol. The van der Waals surface area contributed by atoms with E-state index in [0.29, 0.717) is 31.7 Å². The number of carbonyl (C=O) groups is 3. The Balaban J connectivity index is 1.75. The van der Waals surface area contributed by atoms with Crippen molar-refractivity contribution < 1.29 is 18.8 Å². The van der Waals surface area contributed by atoms with Crippen molar-refractivity contribution >= 4 is 18.2 Å². The summed E-state index contributed by atoms with van der Waals surface area (Å²) < 4.78 is 13.4. The third-order valence-corrected chi connectivity index (χ3v) is 3.56. The normalized spacial score (nSPS) is 14.6. The Labute approximate surface area is 127 Å². The molecule has 0 saturated carbocycles. The molecule has 0 aromatic heterocycles. The summed E-state index contributed by atoms with van der Waals surface area (Å²) in [4.78, 5) is 37.5. The molecule has 1 fully saturated rings. The highest BCUT2D eigenvalue weighted by Crippen LogP contribution is 2.06. The molecular formula is C15H18FN3O3. The third-order valence-electron chi connectivity index (χ3n) is 3.56. The molecule has 1 aliphatic rings. The van der Waals surface area contributed by atoms with Gasteiger partial charge in [0.2, 0.25) is 18.2 Å². The number of amides is 3. The van der Waals surface area contributed by atoms with E-state index in [1.807, 2.05) is 0 Å². The van der Waals surface area contributed by atoms with Gasteiger partial charge in [0, 0.05) is 26.2 Å². The average Bonchev–Trinajstić information content (AvgIpc) is 2.55. The van der Waals surface area contributed by atoms with Crippen LogP contribution in [0.25, 0.3) is 0 Å². The van der Waals surface area contributed by atoms with Gasteiger partial charge < -0.3 is 15.1 Å². The molecule has 3 amide bonds. The maximum atomic E-state index is 13.4. The fourth-order valence-corrected chi connectivity index (χ4v) is 2.24. The van der Waals surface area contributed by atoms with E-state index in [1.165, 1.54) is 12.1 Å². The number of carbonyl (C=O) groups excluding carboxylic acids is 3. The van der Waals surface area contributed by atoms with E-state index < -0.39 is 11.7 Å². The molecule has 6 nitrogen and oxygen atoms in total. The molecule has 1 aromatic carbocycles. The minimum Gasteiger partial charge on any atom is -0.347 e. The van der Waals surface area contributed by atoms with Gasteiger partial charge >= 0.3 is 0 Å². The molecule has 0 spiro atoms. The molecule has 0 unspecified atom stereocenters. The molecule has 1 N–H and O–H groups in total. The topological polar surface area (TPSA) is 69.7 Å². The molecule has 0 radical (unpaired) electrons. The van der Waals surface area contributed by atoms with Crippen LogP contribution >= 0.6 is 0 Å². The molecule has 118 valence electrons. The van der Waals surface area contributed by atoms with Crippen LogP contribution in [0.2, 0.25) is 0 Å². The lowest BCUT2D eigenvalue weighted by atomic mass is 10.1. The van der Waals surface area contributed by atoms with E-state index in [1.54, 1.807) is 21.9 Å². The van der Waals surface area contributed by atoms with Crippen molar-refractivity contribution in [2.75, 3.05) is 32.7 Å². The maximum absolute atomic E-state index is 13.4. The van der Waals surface area contributed by atoms with Crippen molar-refractivity contribution in [2.45, 2.75) is 6.42 Å². The van der Waals surface area contributed by atoms with Crippen LogP contribution in [0.15, 0.2) is 24.3 Å². The van der Waals surface area contributed by atoms with Crippen LogP contribution in [0.5, 0.6) is 0 Å². The zero-order valence-corrected chi connectivity index (χ0v) is 12.1. The Morgan fingerprint density at radius 2 is 1.86 bits per heavy atom. The Kier molecular flexibility index (Phi) is 5.46. The van der Waals surface area contributed by atoms with Crippen molar-refractivity contribution in [3.05, 3.63) is 35.6 Å². The van der Waals surface area contributed by atoms with Gasteiger partial charge in [0.05, 0.1) is 13.0 Å². The van der Waals surface area contributed by atoms with Crippen LogP contribution in [0.4, 0.5) is 4.39 Å². The molecule has 22 heavy (non-hydrogen) atoms. The van der Waals surface area contributed by atoms with Crippen LogP contribution in [0.1, 0.15) is 5.56 Å². The fourth-order valence-electron chi connectivity index (χ4n) is 2.24. The number of hydrogen-bond acceptors (Lipinski definition) is 3. The first-order valence-electron chi connectivity index (χ1n) is 7.07. The summed E-state index contributed by atoms with van der Waals surface area (Å²) in [5, 5.41) is 2.50. The molecule has 1 heterocycles. The number of rotatable bonds is 5. The van der Waals surface area contributed by atoms with Crippen molar-refractivity contribution in [2.24, 2.45) is 0 Å². The zero-order chi connectivity index (χ0) is 15.9. The highest BCUT2D eigenvalue weighted by Gasteiger charge is 2.20. The van der Waals surface area contributed by atoms with Crippen LogP contribution in [-0.2, 0) is 20.8 Å². The summed E-state index contributed by atoms with van der Waals surface area (Å²) in [6, 6.07) is 6.04. The highest BCUT2D eigenvalue weighted by atomic mass is 19.1. The first-order chi connectivity index (χ1) is 10.6. The van der Waals surface area contributed by atoms with Gasteiger partial charge in [-0.05, 0) is 11.6 Å². The van der Waals surface area contributed by atoms with Crippen molar-refractivity contribution in [1.82, 2.24) is 15.1 Å².